The fourth-order valence-corrected chi connectivity index (χ4v) is 2.46. The minimum Gasteiger partial charge on any atom is -0.494 e. The number of hydrogen-bond donors (Lipinski definition) is 1. The topological polar surface area (TPSA) is 38.3 Å². The lowest BCUT2D eigenvalue weighted by Gasteiger charge is -2.10. The summed E-state index contributed by atoms with van der Waals surface area (Å²) in [5.74, 6) is 1.44. The van der Waals surface area contributed by atoms with Gasteiger partial charge in [-0.15, -0.1) is 0 Å². The first-order chi connectivity index (χ1) is 10.3. The van der Waals surface area contributed by atoms with Crippen LogP contribution in [-0.4, -0.2) is 12.5 Å². The molecule has 1 amide bonds. The molecule has 0 bridgehead atoms. The molecule has 0 heterocycles. The number of ether oxygens (including phenoxy) is 1. The molecular formula is C18H25NO2. The third-order valence-electron chi connectivity index (χ3n) is 3.71. The van der Waals surface area contributed by atoms with Gasteiger partial charge in [-0.05, 0) is 42.9 Å². The number of carbonyl (C=O) groups excluding carboxylic acids is 1. The van der Waals surface area contributed by atoms with Gasteiger partial charge < -0.3 is 10.1 Å². The van der Waals surface area contributed by atoms with Crippen molar-refractivity contribution in [1.29, 1.82) is 0 Å². The van der Waals surface area contributed by atoms with Crippen LogP contribution < -0.4 is 10.1 Å². The SMILES string of the molecule is CCCCOc1cccc(CNC(=O)CC2C=CCC2)c1. The minimum absolute atomic E-state index is 0.129. The zero-order chi connectivity index (χ0) is 14.9. The van der Waals surface area contributed by atoms with Crippen molar-refractivity contribution >= 4 is 5.91 Å². The Morgan fingerprint density at radius 3 is 3.10 bits per heavy atom. The summed E-state index contributed by atoms with van der Waals surface area (Å²) in [7, 11) is 0. The molecule has 0 fully saturated rings. The van der Waals surface area contributed by atoms with Gasteiger partial charge in [-0.25, -0.2) is 0 Å². The van der Waals surface area contributed by atoms with Crippen LogP contribution in [0.5, 0.6) is 5.75 Å². The van der Waals surface area contributed by atoms with Gasteiger partial charge in [0, 0.05) is 13.0 Å². The van der Waals surface area contributed by atoms with Gasteiger partial charge in [0.15, 0.2) is 0 Å². The number of allylic oxidation sites excluding steroid dienone is 2. The minimum atomic E-state index is 0.129. The van der Waals surface area contributed by atoms with E-state index in [-0.39, 0.29) is 5.91 Å². The summed E-state index contributed by atoms with van der Waals surface area (Å²) in [6.07, 6.45) is 9.32. The van der Waals surface area contributed by atoms with Crippen molar-refractivity contribution < 1.29 is 9.53 Å². The second-order valence-electron chi connectivity index (χ2n) is 5.60. The molecule has 0 spiro atoms. The Hall–Kier alpha value is -1.77. The van der Waals surface area contributed by atoms with Crippen LogP contribution >= 0.6 is 0 Å². The molecule has 2 rings (SSSR count). The molecule has 1 aliphatic carbocycles. The van der Waals surface area contributed by atoms with Crippen molar-refractivity contribution in [2.24, 2.45) is 5.92 Å². The van der Waals surface area contributed by atoms with Crippen LogP contribution in [0.1, 0.15) is 44.6 Å². The van der Waals surface area contributed by atoms with E-state index >= 15 is 0 Å². The fraction of sp³-hybridized carbons (Fsp3) is 0.500. The summed E-state index contributed by atoms with van der Waals surface area (Å²) >= 11 is 0. The van der Waals surface area contributed by atoms with Crippen molar-refractivity contribution in [2.75, 3.05) is 6.61 Å². The molecular weight excluding hydrogens is 262 g/mol. The first kappa shape index (κ1) is 15.6. The number of unbranched alkanes of at least 4 members (excludes halogenated alkanes) is 1. The van der Waals surface area contributed by atoms with E-state index < -0.39 is 0 Å². The highest BCUT2D eigenvalue weighted by atomic mass is 16.5. The summed E-state index contributed by atoms with van der Waals surface area (Å²) in [6.45, 7) is 3.47. The molecule has 0 aromatic heterocycles. The van der Waals surface area contributed by atoms with Crippen LogP contribution in [0, 0.1) is 5.92 Å². The monoisotopic (exact) mass is 287 g/mol. The van der Waals surface area contributed by atoms with Gasteiger partial charge in [0.05, 0.1) is 6.61 Å². The highest BCUT2D eigenvalue weighted by Crippen LogP contribution is 2.20. The highest BCUT2D eigenvalue weighted by Gasteiger charge is 2.13. The molecule has 0 radical (unpaired) electrons. The van der Waals surface area contributed by atoms with E-state index in [2.05, 4.69) is 24.4 Å². The van der Waals surface area contributed by atoms with Crippen LogP contribution in [0.25, 0.3) is 0 Å². The van der Waals surface area contributed by atoms with Gasteiger partial charge >= 0.3 is 0 Å². The fourth-order valence-electron chi connectivity index (χ4n) is 2.46. The van der Waals surface area contributed by atoms with Gasteiger partial charge in [0.2, 0.25) is 5.91 Å². The second kappa shape index (κ2) is 8.50. The zero-order valence-corrected chi connectivity index (χ0v) is 12.8. The Bertz CT molecular complexity index is 482. The molecule has 1 atom stereocenters. The summed E-state index contributed by atoms with van der Waals surface area (Å²) in [4.78, 5) is 11.9. The predicted octanol–water partition coefficient (Wildman–Crippen LogP) is 3.84. The molecule has 1 aliphatic rings. The Balaban J connectivity index is 1.75. The summed E-state index contributed by atoms with van der Waals surface area (Å²) in [5.41, 5.74) is 1.08. The Labute approximate surface area is 127 Å². The average Bonchev–Trinajstić information content (AvgIpc) is 2.99. The van der Waals surface area contributed by atoms with Crippen LogP contribution in [0.4, 0.5) is 0 Å². The van der Waals surface area contributed by atoms with Gasteiger partial charge in [0.1, 0.15) is 5.75 Å². The Morgan fingerprint density at radius 1 is 1.43 bits per heavy atom. The molecule has 0 saturated heterocycles. The smallest absolute Gasteiger partial charge is 0.220 e. The summed E-state index contributed by atoms with van der Waals surface area (Å²) in [5, 5.41) is 2.99. The molecule has 114 valence electrons. The summed E-state index contributed by atoms with van der Waals surface area (Å²) in [6, 6.07) is 7.96. The number of carbonyl (C=O) groups is 1. The van der Waals surface area contributed by atoms with Crippen LogP contribution in [0.15, 0.2) is 36.4 Å². The van der Waals surface area contributed by atoms with E-state index in [0.29, 0.717) is 18.9 Å². The van der Waals surface area contributed by atoms with E-state index in [9.17, 15) is 4.79 Å². The van der Waals surface area contributed by atoms with Crippen LogP contribution in [-0.2, 0) is 11.3 Å². The van der Waals surface area contributed by atoms with Crippen molar-refractivity contribution in [1.82, 2.24) is 5.32 Å². The molecule has 0 saturated carbocycles. The van der Waals surface area contributed by atoms with Crippen molar-refractivity contribution in [3.8, 4) is 5.75 Å². The van der Waals surface area contributed by atoms with Gasteiger partial charge in [-0.3, -0.25) is 4.79 Å². The van der Waals surface area contributed by atoms with Crippen LogP contribution in [0.2, 0.25) is 0 Å². The quantitative estimate of drug-likeness (QED) is 0.583. The molecule has 1 aromatic rings. The summed E-state index contributed by atoms with van der Waals surface area (Å²) < 4.78 is 5.68. The van der Waals surface area contributed by atoms with Crippen molar-refractivity contribution in [3.05, 3.63) is 42.0 Å². The standard InChI is InChI=1S/C18H25NO2/c1-2-3-11-21-17-10-6-9-16(12-17)14-19-18(20)13-15-7-4-5-8-15/h4,6-7,9-10,12,15H,2-3,5,8,11,13-14H2,1H3,(H,19,20). The lowest BCUT2D eigenvalue weighted by molar-refractivity contribution is -0.121. The third-order valence-corrected chi connectivity index (χ3v) is 3.71. The zero-order valence-electron chi connectivity index (χ0n) is 12.8. The van der Waals surface area contributed by atoms with E-state index in [1.807, 2.05) is 24.3 Å². The maximum absolute atomic E-state index is 11.9. The van der Waals surface area contributed by atoms with E-state index in [1.165, 1.54) is 0 Å². The molecule has 1 unspecified atom stereocenters. The molecule has 3 nitrogen and oxygen atoms in total. The third kappa shape index (κ3) is 5.62. The Kier molecular flexibility index (Phi) is 6.32. The first-order valence-electron chi connectivity index (χ1n) is 7.93. The van der Waals surface area contributed by atoms with Crippen molar-refractivity contribution in [2.45, 2.75) is 45.6 Å². The predicted molar refractivity (Wildman–Crippen MR) is 85.2 cm³/mol. The number of hydrogen-bond acceptors (Lipinski definition) is 2. The lowest BCUT2D eigenvalue weighted by atomic mass is 10.1. The lowest BCUT2D eigenvalue weighted by Crippen LogP contribution is -2.24. The largest absolute Gasteiger partial charge is 0.494 e. The normalized spacial score (nSPS) is 16.9. The molecule has 21 heavy (non-hydrogen) atoms. The van der Waals surface area contributed by atoms with E-state index in [4.69, 9.17) is 4.74 Å². The number of amides is 1. The second-order valence-corrected chi connectivity index (χ2v) is 5.60. The molecule has 0 aliphatic heterocycles. The van der Waals surface area contributed by atoms with Gasteiger partial charge in [-0.1, -0.05) is 37.6 Å². The molecule has 1 N–H and O–H groups in total. The van der Waals surface area contributed by atoms with Gasteiger partial charge in [-0.2, -0.15) is 0 Å². The number of benzene rings is 1. The maximum Gasteiger partial charge on any atom is 0.220 e. The maximum atomic E-state index is 11.9. The number of rotatable bonds is 8. The van der Waals surface area contributed by atoms with Crippen molar-refractivity contribution in [3.63, 3.8) is 0 Å². The first-order valence-corrected chi connectivity index (χ1v) is 7.93. The van der Waals surface area contributed by atoms with E-state index in [0.717, 1.165) is 43.6 Å². The molecule has 1 aromatic carbocycles. The van der Waals surface area contributed by atoms with Gasteiger partial charge in [0.25, 0.3) is 0 Å². The Morgan fingerprint density at radius 2 is 2.33 bits per heavy atom. The number of nitrogens with one attached hydrogen (secondary N) is 1. The average molecular weight is 287 g/mol. The highest BCUT2D eigenvalue weighted by molar-refractivity contribution is 5.76. The molecule has 3 heteroatoms. The van der Waals surface area contributed by atoms with E-state index in [1.54, 1.807) is 0 Å². The van der Waals surface area contributed by atoms with Crippen LogP contribution in [0.3, 0.4) is 0 Å².